The molecule has 0 fully saturated rings. The third-order valence-corrected chi connectivity index (χ3v) is 7.37. The molecule has 0 spiro atoms. The lowest BCUT2D eigenvalue weighted by Crippen LogP contribution is -2.37. The predicted molar refractivity (Wildman–Crippen MR) is 145 cm³/mol. The van der Waals surface area contributed by atoms with E-state index in [1.807, 2.05) is 62.4 Å². The van der Waals surface area contributed by atoms with Crippen LogP contribution >= 0.6 is 11.6 Å². The SMILES string of the molecule is COc1ccc(C2CC(=O)C3=C(C2)NC(C)=C(C(=O)Nc2ccc(C)cn2)C3c2ccccc2Cl)cc1. The Bertz CT molecular complexity index is 1430. The first-order chi connectivity index (χ1) is 17.9. The molecule has 1 amide bonds. The summed E-state index contributed by atoms with van der Waals surface area (Å²) in [4.78, 5) is 31.7. The van der Waals surface area contributed by atoms with Crippen molar-refractivity contribution in [1.29, 1.82) is 0 Å². The maximum absolute atomic E-state index is 13.8. The number of aryl methyl sites for hydroxylation is 1. The minimum Gasteiger partial charge on any atom is -0.497 e. The van der Waals surface area contributed by atoms with Crippen molar-refractivity contribution in [1.82, 2.24) is 10.3 Å². The zero-order valence-corrected chi connectivity index (χ0v) is 21.7. The highest BCUT2D eigenvalue weighted by atomic mass is 35.5. The molecule has 0 bridgehead atoms. The van der Waals surface area contributed by atoms with Crippen LogP contribution in [-0.4, -0.2) is 23.8 Å². The second kappa shape index (κ2) is 10.2. The molecule has 37 heavy (non-hydrogen) atoms. The van der Waals surface area contributed by atoms with Crippen LogP contribution in [0.3, 0.4) is 0 Å². The number of Topliss-reactive ketones (excluding diaryl/α,β-unsaturated/α-hetero) is 1. The fraction of sp³-hybridized carbons (Fsp3) is 0.233. The number of pyridine rings is 1. The lowest BCUT2D eigenvalue weighted by Gasteiger charge is -2.37. The van der Waals surface area contributed by atoms with Gasteiger partial charge in [-0.25, -0.2) is 4.98 Å². The average Bonchev–Trinajstić information content (AvgIpc) is 2.89. The second-order valence-electron chi connectivity index (χ2n) is 9.49. The summed E-state index contributed by atoms with van der Waals surface area (Å²) in [5.41, 5.74) is 5.40. The number of benzene rings is 2. The Morgan fingerprint density at radius 2 is 1.81 bits per heavy atom. The lowest BCUT2D eigenvalue weighted by atomic mass is 9.71. The Hall–Kier alpha value is -3.90. The van der Waals surface area contributed by atoms with Crippen LogP contribution < -0.4 is 15.4 Å². The molecule has 2 aliphatic rings. The predicted octanol–water partition coefficient (Wildman–Crippen LogP) is 6.05. The summed E-state index contributed by atoms with van der Waals surface area (Å²) in [6.07, 6.45) is 2.70. The van der Waals surface area contributed by atoms with Crippen molar-refractivity contribution < 1.29 is 14.3 Å². The summed E-state index contributed by atoms with van der Waals surface area (Å²) in [7, 11) is 1.63. The smallest absolute Gasteiger partial charge is 0.255 e. The monoisotopic (exact) mass is 513 g/mol. The third-order valence-electron chi connectivity index (χ3n) is 7.03. The van der Waals surface area contributed by atoms with E-state index in [1.54, 1.807) is 25.4 Å². The number of methoxy groups -OCH3 is 1. The van der Waals surface area contributed by atoms with E-state index in [1.165, 1.54) is 0 Å². The number of amides is 1. The van der Waals surface area contributed by atoms with E-state index in [0.717, 1.165) is 28.1 Å². The molecule has 1 aromatic heterocycles. The number of hydrogen-bond donors (Lipinski definition) is 2. The van der Waals surface area contributed by atoms with Crippen LogP contribution in [0.2, 0.25) is 5.02 Å². The molecule has 7 heteroatoms. The zero-order chi connectivity index (χ0) is 26.1. The Kier molecular flexibility index (Phi) is 6.85. The molecule has 188 valence electrons. The van der Waals surface area contributed by atoms with Gasteiger partial charge in [0.25, 0.3) is 5.91 Å². The molecular formula is C30H28ClN3O3. The fourth-order valence-corrected chi connectivity index (χ4v) is 5.44. The number of carbonyl (C=O) groups is 2. The third kappa shape index (κ3) is 4.89. The molecule has 0 saturated heterocycles. The van der Waals surface area contributed by atoms with Crippen LogP contribution in [0.4, 0.5) is 5.82 Å². The quantitative estimate of drug-likeness (QED) is 0.434. The van der Waals surface area contributed by atoms with E-state index in [9.17, 15) is 9.59 Å². The number of rotatable bonds is 5. The van der Waals surface area contributed by atoms with Crippen molar-refractivity contribution >= 4 is 29.1 Å². The number of anilines is 1. The fourth-order valence-electron chi connectivity index (χ4n) is 5.20. The molecule has 0 radical (unpaired) electrons. The highest BCUT2D eigenvalue weighted by molar-refractivity contribution is 6.31. The Morgan fingerprint density at radius 3 is 2.49 bits per heavy atom. The van der Waals surface area contributed by atoms with Crippen LogP contribution in [0.25, 0.3) is 0 Å². The number of nitrogens with one attached hydrogen (secondary N) is 2. The van der Waals surface area contributed by atoms with Crippen molar-refractivity contribution in [2.45, 2.75) is 38.5 Å². The Morgan fingerprint density at radius 1 is 1.05 bits per heavy atom. The number of ether oxygens (including phenoxy) is 1. The van der Waals surface area contributed by atoms with E-state index in [4.69, 9.17) is 16.3 Å². The summed E-state index contributed by atoms with van der Waals surface area (Å²) in [5.74, 6) is 0.353. The van der Waals surface area contributed by atoms with Crippen LogP contribution in [-0.2, 0) is 9.59 Å². The number of carbonyl (C=O) groups excluding carboxylic acids is 2. The highest BCUT2D eigenvalue weighted by Crippen LogP contribution is 2.47. The van der Waals surface area contributed by atoms with Gasteiger partial charge in [0, 0.05) is 46.1 Å². The van der Waals surface area contributed by atoms with Gasteiger partial charge < -0.3 is 15.4 Å². The Labute approximate surface area is 221 Å². The van der Waals surface area contributed by atoms with Crippen LogP contribution in [0, 0.1) is 6.92 Å². The van der Waals surface area contributed by atoms with Crippen molar-refractivity contribution in [3.05, 3.63) is 111 Å². The molecule has 1 aliphatic carbocycles. The molecule has 5 rings (SSSR count). The van der Waals surface area contributed by atoms with E-state index >= 15 is 0 Å². The normalized spacial score (nSPS) is 19.3. The highest BCUT2D eigenvalue weighted by Gasteiger charge is 2.41. The molecule has 1 aliphatic heterocycles. The van der Waals surface area contributed by atoms with Gasteiger partial charge in [-0.05, 0) is 67.1 Å². The van der Waals surface area contributed by atoms with Gasteiger partial charge in [-0.2, -0.15) is 0 Å². The maximum Gasteiger partial charge on any atom is 0.255 e. The second-order valence-corrected chi connectivity index (χ2v) is 9.89. The lowest BCUT2D eigenvalue weighted by molar-refractivity contribution is -0.116. The maximum atomic E-state index is 13.8. The Balaban J connectivity index is 1.54. The molecule has 3 aromatic rings. The molecule has 2 unspecified atom stereocenters. The number of hydrogen-bond acceptors (Lipinski definition) is 5. The van der Waals surface area contributed by atoms with Crippen molar-refractivity contribution in [3.63, 3.8) is 0 Å². The van der Waals surface area contributed by atoms with Crippen LogP contribution in [0.15, 0.2) is 89.4 Å². The zero-order valence-electron chi connectivity index (χ0n) is 21.0. The van der Waals surface area contributed by atoms with Gasteiger partial charge in [-0.15, -0.1) is 0 Å². The van der Waals surface area contributed by atoms with E-state index in [0.29, 0.717) is 40.5 Å². The van der Waals surface area contributed by atoms with Crippen LogP contribution in [0.1, 0.15) is 48.3 Å². The first-order valence-electron chi connectivity index (χ1n) is 12.2. The number of aromatic nitrogens is 1. The molecule has 6 nitrogen and oxygen atoms in total. The number of allylic oxidation sites excluding steroid dienone is 3. The van der Waals surface area contributed by atoms with E-state index in [-0.39, 0.29) is 17.6 Å². The van der Waals surface area contributed by atoms with Gasteiger partial charge in [0.05, 0.1) is 7.11 Å². The van der Waals surface area contributed by atoms with Gasteiger partial charge in [-0.3, -0.25) is 9.59 Å². The first-order valence-corrected chi connectivity index (χ1v) is 12.6. The summed E-state index contributed by atoms with van der Waals surface area (Å²) in [5, 5.41) is 6.82. The largest absolute Gasteiger partial charge is 0.497 e. The minimum absolute atomic E-state index is 0.00532. The number of dihydropyridines is 1. The van der Waals surface area contributed by atoms with Crippen LogP contribution in [0.5, 0.6) is 5.75 Å². The van der Waals surface area contributed by atoms with Gasteiger partial charge >= 0.3 is 0 Å². The van der Waals surface area contributed by atoms with Gasteiger partial charge in [0.1, 0.15) is 11.6 Å². The first kappa shape index (κ1) is 24.8. The van der Waals surface area contributed by atoms with Crippen molar-refractivity contribution in [2.24, 2.45) is 0 Å². The van der Waals surface area contributed by atoms with Crippen molar-refractivity contribution in [3.8, 4) is 5.75 Å². The average molecular weight is 514 g/mol. The van der Waals surface area contributed by atoms with E-state index < -0.39 is 5.92 Å². The van der Waals surface area contributed by atoms with Crippen molar-refractivity contribution in [2.75, 3.05) is 12.4 Å². The summed E-state index contributed by atoms with van der Waals surface area (Å²) >= 11 is 6.65. The van der Waals surface area contributed by atoms with Gasteiger partial charge in [-0.1, -0.05) is 48.0 Å². The van der Waals surface area contributed by atoms with Gasteiger partial charge in [0.15, 0.2) is 5.78 Å². The van der Waals surface area contributed by atoms with E-state index in [2.05, 4.69) is 15.6 Å². The number of nitrogens with zero attached hydrogens (tertiary/aromatic N) is 1. The standard InChI is InChI=1S/C30H28ClN3O3/c1-17-8-13-26(32-16-17)34-30(36)27-18(2)33-24-14-20(19-9-11-21(37-3)12-10-19)15-25(35)29(24)28(27)22-6-4-5-7-23(22)31/h4-13,16,20,28,33H,14-15H2,1-3H3,(H,32,34,36). The molecule has 2 N–H and O–H groups in total. The summed E-state index contributed by atoms with van der Waals surface area (Å²) in [6, 6.07) is 18.9. The minimum atomic E-state index is -0.584. The molecule has 0 saturated carbocycles. The number of ketones is 1. The number of halogens is 1. The molecule has 2 atom stereocenters. The molecular weight excluding hydrogens is 486 g/mol. The van der Waals surface area contributed by atoms with Gasteiger partial charge in [0.2, 0.25) is 0 Å². The topological polar surface area (TPSA) is 80.3 Å². The summed E-state index contributed by atoms with van der Waals surface area (Å²) < 4.78 is 5.28. The summed E-state index contributed by atoms with van der Waals surface area (Å²) in [6.45, 7) is 3.80. The molecule has 2 heterocycles. The molecule has 2 aromatic carbocycles.